The van der Waals surface area contributed by atoms with Gasteiger partial charge in [-0.25, -0.2) is 9.67 Å². The van der Waals surface area contributed by atoms with Crippen molar-refractivity contribution in [3.8, 4) is 0 Å². The molecule has 2 N–H and O–H groups in total. The molecule has 0 unspecified atom stereocenters. The number of hydrogen-bond acceptors (Lipinski definition) is 4. The molecule has 0 saturated carbocycles. The number of aromatic nitrogens is 3. The van der Waals surface area contributed by atoms with Crippen molar-refractivity contribution in [2.75, 3.05) is 13.2 Å². The lowest BCUT2D eigenvalue weighted by Gasteiger charge is -2.08. The minimum Gasteiger partial charge on any atom is -0.395 e. The van der Waals surface area contributed by atoms with Crippen LogP contribution in [0.4, 0.5) is 0 Å². The van der Waals surface area contributed by atoms with Crippen molar-refractivity contribution in [3.63, 3.8) is 0 Å². The Kier molecular flexibility index (Phi) is 4.16. The molecule has 0 aliphatic heterocycles. The molecule has 0 amide bonds. The minimum atomic E-state index is 0.110. The lowest BCUT2D eigenvalue weighted by atomic mass is 10.2. The number of aliphatic hydroxyl groups is 1. The molecule has 6 heteroatoms. The topological polar surface area (TPSA) is 63.0 Å². The summed E-state index contributed by atoms with van der Waals surface area (Å²) in [6.07, 6.45) is 1.80. The molecule has 18 heavy (non-hydrogen) atoms. The zero-order valence-electron chi connectivity index (χ0n) is 10.5. The third kappa shape index (κ3) is 2.63. The number of nitrogens with one attached hydrogen (secondary N) is 1. The summed E-state index contributed by atoms with van der Waals surface area (Å²) in [6, 6.07) is 2.24. The van der Waals surface area contributed by atoms with Gasteiger partial charge >= 0.3 is 0 Å². The second kappa shape index (κ2) is 5.65. The van der Waals surface area contributed by atoms with Crippen LogP contribution in [-0.4, -0.2) is 33.0 Å². The Morgan fingerprint density at radius 3 is 2.94 bits per heavy atom. The van der Waals surface area contributed by atoms with Crippen molar-refractivity contribution in [2.45, 2.75) is 26.4 Å². The normalized spacial score (nSPS) is 11.6. The van der Waals surface area contributed by atoms with Gasteiger partial charge in [-0.05, 0) is 19.9 Å². The molecule has 2 aromatic rings. The van der Waals surface area contributed by atoms with Crippen LogP contribution in [0.3, 0.4) is 0 Å². The van der Waals surface area contributed by atoms with Crippen LogP contribution in [-0.2, 0) is 6.54 Å². The summed E-state index contributed by atoms with van der Waals surface area (Å²) in [5, 5.41) is 17.6. The van der Waals surface area contributed by atoms with E-state index in [9.17, 15) is 0 Å². The summed E-state index contributed by atoms with van der Waals surface area (Å²) in [6.45, 7) is 5.35. The summed E-state index contributed by atoms with van der Waals surface area (Å²) in [4.78, 5) is 4.40. The maximum absolute atomic E-state index is 8.73. The molecule has 0 radical (unpaired) electrons. The average Bonchev–Trinajstić information content (AvgIpc) is 2.72. The van der Waals surface area contributed by atoms with Gasteiger partial charge in [0.2, 0.25) is 0 Å². The Balaban J connectivity index is 2.32. The maximum Gasteiger partial charge on any atom is 0.159 e. The second-order valence-electron chi connectivity index (χ2n) is 4.43. The highest BCUT2D eigenvalue weighted by atomic mass is 35.5. The lowest BCUT2D eigenvalue weighted by Crippen LogP contribution is -2.17. The molecule has 0 aromatic carbocycles. The molecule has 98 valence electrons. The zero-order chi connectivity index (χ0) is 13.1. The van der Waals surface area contributed by atoms with Gasteiger partial charge in [0.1, 0.15) is 5.15 Å². The van der Waals surface area contributed by atoms with Gasteiger partial charge in [0.15, 0.2) is 5.65 Å². The van der Waals surface area contributed by atoms with Crippen molar-refractivity contribution in [3.05, 3.63) is 23.0 Å². The van der Waals surface area contributed by atoms with E-state index in [0.29, 0.717) is 18.2 Å². The second-order valence-corrected chi connectivity index (χ2v) is 4.79. The van der Waals surface area contributed by atoms with E-state index >= 15 is 0 Å². The monoisotopic (exact) mass is 268 g/mol. The van der Waals surface area contributed by atoms with Gasteiger partial charge < -0.3 is 10.4 Å². The predicted octanol–water partition coefficient (Wildman–Crippen LogP) is 1.75. The summed E-state index contributed by atoms with van der Waals surface area (Å²) >= 11 is 6.16. The van der Waals surface area contributed by atoms with Crippen molar-refractivity contribution < 1.29 is 5.11 Å². The summed E-state index contributed by atoms with van der Waals surface area (Å²) in [5.74, 6) is 0. The first-order valence-electron chi connectivity index (χ1n) is 5.97. The highest BCUT2D eigenvalue weighted by Crippen LogP contribution is 2.22. The number of rotatable bonds is 5. The fourth-order valence-corrected chi connectivity index (χ4v) is 2.00. The van der Waals surface area contributed by atoms with Crippen molar-refractivity contribution in [2.24, 2.45) is 0 Å². The predicted molar refractivity (Wildman–Crippen MR) is 71.7 cm³/mol. The SMILES string of the molecule is CC(C)n1ncc2cc(CNCCO)c(Cl)nc21. The zero-order valence-corrected chi connectivity index (χ0v) is 11.3. The van der Waals surface area contributed by atoms with E-state index in [2.05, 4.69) is 29.2 Å². The molecular formula is C12H17ClN4O. The molecule has 2 heterocycles. The maximum atomic E-state index is 8.73. The third-order valence-electron chi connectivity index (χ3n) is 2.69. The molecule has 5 nitrogen and oxygen atoms in total. The molecule has 2 rings (SSSR count). The molecule has 0 fully saturated rings. The number of pyridine rings is 1. The Morgan fingerprint density at radius 2 is 2.28 bits per heavy atom. The minimum absolute atomic E-state index is 0.110. The van der Waals surface area contributed by atoms with Gasteiger partial charge in [0, 0.05) is 30.1 Å². The molecule has 0 saturated heterocycles. The largest absolute Gasteiger partial charge is 0.395 e. The molecule has 0 aliphatic carbocycles. The highest BCUT2D eigenvalue weighted by Gasteiger charge is 2.11. The third-order valence-corrected chi connectivity index (χ3v) is 3.02. The van der Waals surface area contributed by atoms with E-state index in [1.54, 1.807) is 6.20 Å². The lowest BCUT2D eigenvalue weighted by molar-refractivity contribution is 0.292. The van der Waals surface area contributed by atoms with Gasteiger partial charge in [-0.1, -0.05) is 11.6 Å². The van der Waals surface area contributed by atoms with Crippen LogP contribution in [0.2, 0.25) is 5.15 Å². The molecule has 0 bridgehead atoms. The van der Waals surface area contributed by atoms with Crippen LogP contribution in [0.1, 0.15) is 25.5 Å². The van der Waals surface area contributed by atoms with Gasteiger partial charge in [-0.2, -0.15) is 5.10 Å². The van der Waals surface area contributed by atoms with Crippen molar-refractivity contribution in [1.29, 1.82) is 0 Å². The van der Waals surface area contributed by atoms with Crippen molar-refractivity contribution >= 4 is 22.6 Å². The number of aliphatic hydroxyl groups excluding tert-OH is 1. The van der Waals surface area contributed by atoms with Gasteiger partial charge in [0.25, 0.3) is 0 Å². The van der Waals surface area contributed by atoms with Gasteiger partial charge in [-0.3, -0.25) is 0 Å². The molecule has 0 spiro atoms. The van der Waals surface area contributed by atoms with E-state index in [1.807, 2.05) is 10.7 Å². The fraction of sp³-hybridized carbons (Fsp3) is 0.500. The van der Waals surface area contributed by atoms with E-state index in [1.165, 1.54) is 0 Å². The summed E-state index contributed by atoms with van der Waals surface area (Å²) in [5.41, 5.74) is 1.72. The Hall–Kier alpha value is -1.17. The van der Waals surface area contributed by atoms with Crippen LogP contribution in [0.25, 0.3) is 11.0 Å². The standard InChI is InChI=1S/C12H17ClN4O/c1-8(2)17-12-10(7-15-17)5-9(11(13)16-12)6-14-3-4-18/h5,7-8,14,18H,3-4,6H2,1-2H3. The van der Waals surface area contributed by atoms with Crippen LogP contribution in [0, 0.1) is 0 Å². The number of fused-ring (bicyclic) bond motifs is 1. The number of halogens is 1. The van der Waals surface area contributed by atoms with Crippen molar-refractivity contribution in [1.82, 2.24) is 20.1 Å². The quantitative estimate of drug-likeness (QED) is 0.641. The summed E-state index contributed by atoms with van der Waals surface area (Å²) < 4.78 is 1.85. The molecule has 0 atom stereocenters. The van der Waals surface area contributed by atoms with Gasteiger partial charge in [0.05, 0.1) is 12.8 Å². The Morgan fingerprint density at radius 1 is 1.50 bits per heavy atom. The van der Waals surface area contributed by atoms with E-state index < -0.39 is 0 Å². The average molecular weight is 269 g/mol. The molecular weight excluding hydrogens is 252 g/mol. The first-order chi connectivity index (χ1) is 8.63. The Labute approximate surface area is 111 Å². The molecule has 0 aliphatic rings. The van der Waals surface area contributed by atoms with E-state index in [0.717, 1.165) is 16.6 Å². The number of hydrogen-bond donors (Lipinski definition) is 2. The molecule has 2 aromatic heterocycles. The number of nitrogens with zero attached hydrogens (tertiary/aromatic N) is 3. The Bertz CT molecular complexity index is 538. The smallest absolute Gasteiger partial charge is 0.159 e. The first-order valence-corrected chi connectivity index (χ1v) is 6.35. The van der Waals surface area contributed by atoms with E-state index in [4.69, 9.17) is 16.7 Å². The first kappa shape index (κ1) is 13.3. The van der Waals surface area contributed by atoms with Crippen LogP contribution < -0.4 is 5.32 Å². The van der Waals surface area contributed by atoms with Crippen LogP contribution >= 0.6 is 11.6 Å². The highest BCUT2D eigenvalue weighted by molar-refractivity contribution is 6.30. The van der Waals surface area contributed by atoms with Crippen LogP contribution in [0.5, 0.6) is 0 Å². The van der Waals surface area contributed by atoms with Gasteiger partial charge in [-0.15, -0.1) is 0 Å². The van der Waals surface area contributed by atoms with E-state index in [-0.39, 0.29) is 12.6 Å². The summed E-state index contributed by atoms with van der Waals surface area (Å²) in [7, 11) is 0. The van der Waals surface area contributed by atoms with Crippen LogP contribution in [0.15, 0.2) is 12.3 Å². The fourth-order valence-electron chi connectivity index (χ4n) is 1.80.